The van der Waals surface area contributed by atoms with Gasteiger partial charge in [-0.3, -0.25) is 0 Å². The first kappa shape index (κ1) is 10.2. The zero-order valence-corrected chi connectivity index (χ0v) is 9.70. The van der Waals surface area contributed by atoms with Crippen molar-refractivity contribution >= 4 is 15.9 Å². The molecule has 1 N–H and O–H groups in total. The van der Waals surface area contributed by atoms with Crippen LogP contribution in [-0.4, -0.2) is 11.2 Å². The molecule has 14 heavy (non-hydrogen) atoms. The van der Waals surface area contributed by atoms with Gasteiger partial charge in [0.15, 0.2) is 0 Å². The smallest absolute Gasteiger partial charge is 0.0571 e. The molecule has 0 heterocycles. The normalized spacial score (nSPS) is 18.1. The molecular formula is C12H15BrO. The fourth-order valence-corrected chi connectivity index (χ4v) is 2.20. The van der Waals surface area contributed by atoms with Crippen LogP contribution in [0, 0.1) is 5.92 Å². The van der Waals surface area contributed by atoms with Crippen LogP contribution >= 0.6 is 15.9 Å². The van der Waals surface area contributed by atoms with Crippen LogP contribution in [0.25, 0.3) is 0 Å². The molecule has 1 atom stereocenters. The standard InChI is InChI=1S/C12H15BrO/c13-11-4-2-1-3-9(11)7-8-12(14)10-5-6-10/h1-4,10,12,14H,5-8H2. The van der Waals surface area contributed by atoms with Gasteiger partial charge in [0.25, 0.3) is 0 Å². The summed E-state index contributed by atoms with van der Waals surface area (Å²) < 4.78 is 1.16. The van der Waals surface area contributed by atoms with Crippen molar-refractivity contribution in [2.45, 2.75) is 31.8 Å². The van der Waals surface area contributed by atoms with Crippen molar-refractivity contribution < 1.29 is 5.11 Å². The van der Waals surface area contributed by atoms with Crippen LogP contribution in [0.2, 0.25) is 0 Å². The van der Waals surface area contributed by atoms with E-state index in [9.17, 15) is 5.11 Å². The summed E-state index contributed by atoms with van der Waals surface area (Å²) >= 11 is 3.52. The lowest BCUT2D eigenvalue weighted by Crippen LogP contribution is -2.10. The Morgan fingerprint density at radius 3 is 2.71 bits per heavy atom. The van der Waals surface area contributed by atoms with Crippen LogP contribution in [0.4, 0.5) is 0 Å². The molecule has 76 valence electrons. The molecule has 0 aromatic heterocycles. The van der Waals surface area contributed by atoms with Crippen molar-refractivity contribution in [3.05, 3.63) is 34.3 Å². The molecule has 1 nitrogen and oxygen atoms in total. The second-order valence-electron chi connectivity index (χ2n) is 4.03. The highest BCUT2D eigenvalue weighted by Crippen LogP contribution is 2.34. The van der Waals surface area contributed by atoms with E-state index in [2.05, 4.69) is 28.1 Å². The number of hydrogen-bond donors (Lipinski definition) is 1. The molecule has 0 spiro atoms. The SMILES string of the molecule is OC(CCc1ccccc1Br)C1CC1. The van der Waals surface area contributed by atoms with E-state index in [4.69, 9.17) is 0 Å². The lowest BCUT2D eigenvalue weighted by atomic mass is 10.0. The van der Waals surface area contributed by atoms with Gasteiger partial charge < -0.3 is 5.11 Å². The highest BCUT2D eigenvalue weighted by molar-refractivity contribution is 9.10. The first-order valence-corrected chi connectivity index (χ1v) is 5.98. The van der Waals surface area contributed by atoms with Gasteiger partial charge in [-0.15, -0.1) is 0 Å². The second kappa shape index (κ2) is 4.45. The van der Waals surface area contributed by atoms with Crippen LogP contribution in [-0.2, 0) is 6.42 Å². The molecule has 1 fully saturated rings. The molecule has 0 aliphatic heterocycles. The molecule has 2 rings (SSSR count). The molecule has 1 aliphatic carbocycles. The third-order valence-electron chi connectivity index (χ3n) is 2.83. The predicted molar refractivity (Wildman–Crippen MR) is 61.2 cm³/mol. The molecule has 1 aliphatic rings. The van der Waals surface area contributed by atoms with Gasteiger partial charge in [-0.25, -0.2) is 0 Å². The van der Waals surface area contributed by atoms with Gasteiger partial charge in [0.1, 0.15) is 0 Å². The number of benzene rings is 1. The van der Waals surface area contributed by atoms with E-state index in [0.717, 1.165) is 17.3 Å². The summed E-state index contributed by atoms with van der Waals surface area (Å²) in [5, 5.41) is 9.73. The van der Waals surface area contributed by atoms with Crippen molar-refractivity contribution in [3.63, 3.8) is 0 Å². The Hall–Kier alpha value is -0.340. The maximum Gasteiger partial charge on any atom is 0.0571 e. The van der Waals surface area contributed by atoms with Crippen LogP contribution in [0.5, 0.6) is 0 Å². The first-order chi connectivity index (χ1) is 6.77. The van der Waals surface area contributed by atoms with Crippen molar-refractivity contribution in [2.24, 2.45) is 5.92 Å². The van der Waals surface area contributed by atoms with Gasteiger partial charge in [0.05, 0.1) is 6.10 Å². The van der Waals surface area contributed by atoms with Gasteiger partial charge >= 0.3 is 0 Å². The van der Waals surface area contributed by atoms with Crippen LogP contribution < -0.4 is 0 Å². The largest absolute Gasteiger partial charge is 0.393 e. The molecule has 1 aromatic rings. The fourth-order valence-electron chi connectivity index (χ4n) is 1.72. The molecule has 0 bridgehead atoms. The fraction of sp³-hybridized carbons (Fsp3) is 0.500. The Morgan fingerprint density at radius 1 is 1.36 bits per heavy atom. The zero-order chi connectivity index (χ0) is 9.97. The molecule has 1 aromatic carbocycles. The van der Waals surface area contributed by atoms with Gasteiger partial charge in [-0.05, 0) is 43.2 Å². The Kier molecular flexibility index (Phi) is 3.24. The van der Waals surface area contributed by atoms with Gasteiger partial charge in [-0.2, -0.15) is 0 Å². The topological polar surface area (TPSA) is 20.2 Å². The van der Waals surface area contributed by atoms with E-state index in [1.807, 2.05) is 12.1 Å². The monoisotopic (exact) mass is 254 g/mol. The Bertz CT molecular complexity index is 307. The minimum Gasteiger partial charge on any atom is -0.393 e. The lowest BCUT2D eigenvalue weighted by Gasteiger charge is -2.09. The molecule has 0 radical (unpaired) electrons. The first-order valence-electron chi connectivity index (χ1n) is 5.19. The van der Waals surface area contributed by atoms with Crippen LogP contribution in [0.1, 0.15) is 24.8 Å². The van der Waals surface area contributed by atoms with Crippen molar-refractivity contribution in [3.8, 4) is 0 Å². The summed E-state index contributed by atoms with van der Waals surface area (Å²) in [6, 6.07) is 8.23. The third kappa shape index (κ3) is 2.58. The van der Waals surface area contributed by atoms with E-state index in [1.54, 1.807) is 0 Å². The average Bonchev–Trinajstić information content (AvgIpc) is 2.99. The number of hydrogen-bond acceptors (Lipinski definition) is 1. The minimum atomic E-state index is -0.0814. The molecule has 1 unspecified atom stereocenters. The zero-order valence-electron chi connectivity index (χ0n) is 8.12. The molecule has 2 heteroatoms. The van der Waals surface area contributed by atoms with Gasteiger partial charge in [0, 0.05) is 4.47 Å². The van der Waals surface area contributed by atoms with Gasteiger partial charge in [0.2, 0.25) is 0 Å². The van der Waals surface area contributed by atoms with E-state index < -0.39 is 0 Å². The Morgan fingerprint density at radius 2 is 2.07 bits per heavy atom. The van der Waals surface area contributed by atoms with Crippen molar-refractivity contribution in [1.29, 1.82) is 0 Å². The van der Waals surface area contributed by atoms with Gasteiger partial charge in [-0.1, -0.05) is 34.1 Å². The average molecular weight is 255 g/mol. The molecule has 0 saturated heterocycles. The summed E-state index contributed by atoms with van der Waals surface area (Å²) in [6.45, 7) is 0. The highest BCUT2D eigenvalue weighted by atomic mass is 79.9. The summed E-state index contributed by atoms with van der Waals surface area (Å²) in [5.41, 5.74) is 1.30. The summed E-state index contributed by atoms with van der Waals surface area (Å²) in [4.78, 5) is 0. The Balaban J connectivity index is 1.87. The third-order valence-corrected chi connectivity index (χ3v) is 3.61. The summed E-state index contributed by atoms with van der Waals surface area (Å²) in [5.74, 6) is 0.595. The Labute approximate surface area is 93.3 Å². The lowest BCUT2D eigenvalue weighted by molar-refractivity contribution is 0.142. The predicted octanol–water partition coefficient (Wildman–Crippen LogP) is 3.15. The van der Waals surface area contributed by atoms with Crippen LogP contribution in [0.15, 0.2) is 28.7 Å². The number of rotatable bonds is 4. The van der Waals surface area contributed by atoms with Crippen molar-refractivity contribution in [2.75, 3.05) is 0 Å². The maximum atomic E-state index is 9.73. The van der Waals surface area contributed by atoms with Crippen molar-refractivity contribution in [1.82, 2.24) is 0 Å². The number of aliphatic hydroxyl groups is 1. The van der Waals surface area contributed by atoms with E-state index in [1.165, 1.54) is 18.4 Å². The summed E-state index contributed by atoms with van der Waals surface area (Å²) in [6.07, 6.45) is 4.22. The molecule has 1 saturated carbocycles. The summed E-state index contributed by atoms with van der Waals surface area (Å²) in [7, 11) is 0. The van der Waals surface area contributed by atoms with Crippen LogP contribution in [0.3, 0.4) is 0 Å². The van der Waals surface area contributed by atoms with E-state index >= 15 is 0 Å². The minimum absolute atomic E-state index is 0.0814. The van der Waals surface area contributed by atoms with E-state index in [-0.39, 0.29) is 6.10 Å². The number of halogens is 1. The highest BCUT2D eigenvalue weighted by Gasteiger charge is 2.29. The van der Waals surface area contributed by atoms with E-state index in [0.29, 0.717) is 5.92 Å². The number of aryl methyl sites for hydroxylation is 1. The second-order valence-corrected chi connectivity index (χ2v) is 4.89. The number of aliphatic hydroxyl groups excluding tert-OH is 1. The molecule has 0 amide bonds. The molecular weight excluding hydrogens is 240 g/mol. The quantitative estimate of drug-likeness (QED) is 0.876. The maximum absolute atomic E-state index is 9.73.